The minimum Gasteiger partial charge on any atom is -0.296 e. The maximum absolute atomic E-state index is 13.3. The van der Waals surface area contributed by atoms with Crippen LogP contribution in [0.5, 0.6) is 0 Å². The maximum Gasteiger partial charge on any atom is 0.237 e. The standard InChI is InChI=1S/C27H31N3O4/c31-24-20-16-6-7-17(10-16)21(20)25(32)29(24)13-28(12-15-4-2-1-3-5-15)14-30-26(33)22-18-8-9-19(11-18)23(22)27(30)34/h1-5,16-23H,6-14H2/p+1/t16-,17-,18+,19+,20-,21+,22-,23-/m0/s1. The molecule has 4 amide bonds. The Balaban J connectivity index is 1.14. The summed E-state index contributed by atoms with van der Waals surface area (Å²) in [5.41, 5.74) is 1.07. The molecule has 7 rings (SSSR count). The lowest BCUT2D eigenvalue weighted by Crippen LogP contribution is -3.14. The van der Waals surface area contributed by atoms with Gasteiger partial charge >= 0.3 is 0 Å². The van der Waals surface area contributed by atoms with Gasteiger partial charge in [-0.2, -0.15) is 0 Å². The van der Waals surface area contributed by atoms with Crippen LogP contribution in [0.3, 0.4) is 0 Å². The van der Waals surface area contributed by atoms with Crippen LogP contribution in [0, 0.1) is 47.3 Å². The number of likely N-dealkylation sites (tertiary alicyclic amines) is 2. The normalized spacial score (nSPS) is 40.6. The lowest BCUT2D eigenvalue weighted by Gasteiger charge is -2.28. The Hall–Kier alpha value is -2.54. The van der Waals surface area contributed by atoms with E-state index in [0.717, 1.165) is 49.0 Å². The summed E-state index contributed by atoms with van der Waals surface area (Å²) in [7, 11) is 0. The molecule has 1 aromatic rings. The average Bonchev–Trinajstić information content (AvgIpc) is 3.68. The van der Waals surface area contributed by atoms with E-state index in [9.17, 15) is 19.2 Å². The van der Waals surface area contributed by atoms with Crippen LogP contribution in [-0.4, -0.2) is 46.8 Å². The Morgan fingerprint density at radius 3 is 1.38 bits per heavy atom. The molecule has 2 heterocycles. The first-order valence-corrected chi connectivity index (χ1v) is 13.1. The number of hydrogen-bond acceptors (Lipinski definition) is 4. The first kappa shape index (κ1) is 20.8. The molecular weight excluding hydrogens is 430 g/mol. The van der Waals surface area contributed by atoms with Crippen LogP contribution in [0.4, 0.5) is 0 Å². The van der Waals surface area contributed by atoms with E-state index in [1.807, 2.05) is 30.3 Å². The Bertz CT molecular complexity index is 953. The molecule has 7 heteroatoms. The van der Waals surface area contributed by atoms with Crippen molar-refractivity contribution < 1.29 is 24.1 Å². The van der Waals surface area contributed by atoms with E-state index in [4.69, 9.17) is 0 Å². The van der Waals surface area contributed by atoms with Gasteiger partial charge in [0.1, 0.15) is 6.54 Å². The number of hydrogen-bond donors (Lipinski definition) is 1. The molecule has 34 heavy (non-hydrogen) atoms. The van der Waals surface area contributed by atoms with Crippen molar-refractivity contribution >= 4 is 23.6 Å². The van der Waals surface area contributed by atoms with Crippen molar-refractivity contribution in [2.45, 2.75) is 45.1 Å². The largest absolute Gasteiger partial charge is 0.296 e. The summed E-state index contributed by atoms with van der Waals surface area (Å²) in [6.45, 7) is 0.996. The third-order valence-corrected chi connectivity index (χ3v) is 10.1. The SMILES string of the molecule is O=C1[C@@H]2[C@H]3CC[C@@H](C3)[C@@H]2C(=O)N1C[NH+](Cc1ccccc1)CN1C(=O)[C@H]2[C@@H]3CC[C@H](C3)[C@@H]2C1=O. The molecule has 178 valence electrons. The van der Waals surface area contributed by atoms with Gasteiger partial charge in [0, 0.05) is 5.56 Å². The molecule has 0 radical (unpaired) electrons. The van der Waals surface area contributed by atoms with Crippen LogP contribution in [0.2, 0.25) is 0 Å². The number of imide groups is 2. The minimum absolute atomic E-state index is 0.0262. The molecule has 0 aromatic heterocycles. The van der Waals surface area contributed by atoms with E-state index in [1.165, 1.54) is 9.80 Å². The second-order valence-corrected chi connectivity index (χ2v) is 11.7. The van der Waals surface area contributed by atoms with E-state index >= 15 is 0 Å². The summed E-state index contributed by atoms with van der Waals surface area (Å²) < 4.78 is 0. The second-order valence-electron chi connectivity index (χ2n) is 11.7. The summed E-state index contributed by atoms with van der Waals surface area (Å²) >= 11 is 0. The first-order valence-electron chi connectivity index (χ1n) is 13.1. The molecule has 1 N–H and O–H groups in total. The smallest absolute Gasteiger partial charge is 0.237 e. The van der Waals surface area contributed by atoms with E-state index < -0.39 is 0 Å². The topological polar surface area (TPSA) is 79.2 Å². The van der Waals surface area contributed by atoms with Gasteiger partial charge in [-0.25, -0.2) is 9.80 Å². The van der Waals surface area contributed by atoms with Gasteiger partial charge in [-0.3, -0.25) is 24.1 Å². The molecule has 4 bridgehead atoms. The first-order chi connectivity index (χ1) is 16.5. The number of nitrogens with one attached hydrogen (secondary N) is 1. The number of rotatable bonds is 6. The van der Waals surface area contributed by atoms with Gasteiger partial charge in [-0.05, 0) is 62.2 Å². The van der Waals surface area contributed by atoms with Gasteiger partial charge < -0.3 is 0 Å². The van der Waals surface area contributed by atoms with Crippen molar-refractivity contribution in [1.82, 2.24) is 9.80 Å². The van der Waals surface area contributed by atoms with Crippen LogP contribution in [0.15, 0.2) is 30.3 Å². The number of quaternary nitrogens is 1. The molecule has 0 spiro atoms. The zero-order chi connectivity index (χ0) is 23.1. The highest BCUT2D eigenvalue weighted by molar-refractivity contribution is 6.06. The molecule has 6 aliphatic rings. The van der Waals surface area contributed by atoms with Crippen molar-refractivity contribution in [2.75, 3.05) is 13.3 Å². The quantitative estimate of drug-likeness (QED) is 0.641. The monoisotopic (exact) mass is 462 g/mol. The van der Waals surface area contributed by atoms with Crippen molar-refractivity contribution in [3.8, 4) is 0 Å². The highest BCUT2D eigenvalue weighted by atomic mass is 16.2. The fourth-order valence-electron chi connectivity index (χ4n) is 8.75. The predicted octanol–water partition coefficient (Wildman–Crippen LogP) is 1.05. The van der Waals surface area contributed by atoms with Gasteiger partial charge in [0.2, 0.25) is 23.6 Å². The van der Waals surface area contributed by atoms with E-state index in [2.05, 4.69) is 0 Å². The molecular formula is C27H32N3O4+. The average molecular weight is 463 g/mol. The van der Waals surface area contributed by atoms with Crippen molar-refractivity contribution in [3.63, 3.8) is 0 Å². The second kappa shape index (κ2) is 7.48. The van der Waals surface area contributed by atoms with Crippen LogP contribution in [0.1, 0.15) is 44.1 Å². The van der Waals surface area contributed by atoms with E-state index in [0.29, 0.717) is 30.2 Å². The predicted molar refractivity (Wildman–Crippen MR) is 120 cm³/mol. The fourth-order valence-corrected chi connectivity index (χ4v) is 8.75. The molecule has 1 unspecified atom stereocenters. The van der Waals surface area contributed by atoms with E-state index in [1.54, 1.807) is 0 Å². The zero-order valence-electron chi connectivity index (χ0n) is 19.4. The van der Waals surface area contributed by atoms with Gasteiger partial charge in [0.05, 0.1) is 23.7 Å². The van der Waals surface area contributed by atoms with Gasteiger partial charge in [-0.15, -0.1) is 0 Å². The van der Waals surface area contributed by atoms with Crippen LogP contribution >= 0.6 is 0 Å². The molecule has 6 fully saturated rings. The molecule has 4 saturated carbocycles. The van der Waals surface area contributed by atoms with Gasteiger partial charge in [0.15, 0.2) is 13.3 Å². The van der Waals surface area contributed by atoms with Crippen LogP contribution in [0.25, 0.3) is 0 Å². The molecule has 2 aliphatic heterocycles. The number of benzene rings is 1. The van der Waals surface area contributed by atoms with Gasteiger partial charge in [0.25, 0.3) is 0 Å². The number of carbonyl (C=O) groups excluding carboxylic acids is 4. The highest BCUT2D eigenvalue weighted by Crippen LogP contribution is 2.57. The molecule has 2 saturated heterocycles. The van der Waals surface area contributed by atoms with Crippen molar-refractivity contribution in [3.05, 3.63) is 35.9 Å². The number of carbonyl (C=O) groups is 4. The fraction of sp³-hybridized carbons (Fsp3) is 0.630. The summed E-state index contributed by atoms with van der Waals surface area (Å²) in [6, 6.07) is 9.93. The van der Waals surface area contributed by atoms with Crippen molar-refractivity contribution in [1.29, 1.82) is 0 Å². The molecule has 1 aromatic carbocycles. The summed E-state index contributed by atoms with van der Waals surface area (Å²) in [6.07, 6.45) is 6.26. The minimum atomic E-state index is -0.144. The van der Waals surface area contributed by atoms with Crippen LogP contribution < -0.4 is 4.90 Å². The molecule has 7 nitrogen and oxygen atoms in total. The van der Waals surface area contributed by atoms with Crippen LogP contribution in [-0.2, 0) is 25.7 Å². The molecule has 4 aliphatic carbocycles. The number of amides is 4. The van der Waals surface area contributed by atoms with Gasteiger partial charge in [-0.1, -0.05) is 30.3 Å². The lowest BCUT2D eigenvalue weighted by molar-refractivity contribution is -0.928. The maximum atomic E-state index is 13.3. The summed E-state index contributed by atoms with van der Waals surface area (Å²) in [5, 5.41) is 0. The third kappa shape index (κ3) is 2.85. The zero-order valence-corrected chi connectivity index (χ0v) is 19.4. The van der Waals surface area contributed by atoms with E-state index in [-0.39, 0.29) is 60.6 Å². The lowest BCUT2D eigenvalue weighted by atomic mass is 9.81. The molecule has 9 atom stereocenters. The number of fused-ring (bicyclic) bond motifs is 10. The summed E-state index contributed by atoms with van der Waals surface area (Å²) in [5.74, 6) is 0.728. The number of nitrogens with zero attached hydrogens (tertiary/aromatic N) is 2. The summed E-state index contributed by atoms with van der Waals surface area (Å²) in [4.78, 5) is 57.2. The Morgan fingerprint density at radius 2 is 1.00 bits per heavy atom. The third-order valence-electron chi connectivity index (χ3n) is 10.1. The Labute approximate surface area is 199 Å². The Morgan fingerprint density at radius 1 is 0.618 bits per heavy atom. The van der Waals surface area contributed by atoms with Crippen molar-refractivity contribution in [2.24, 2.45) is 47.3 Å². The Kier molecular flexibility index (Phi) is 4.57. The highest BCUT2D eigenvalue weighted by Gasteiger charge is 2.63.